The number of rotatable bonds is 8. The van der Waals surface area contributed by atoms with Gasteiger partial charge in [-0.05, 0) is 91.9 Å². The SMILES string of the molecule is CCC.COC(=O)Oc1ccc(C(C)(c2ccc(OC(=O)OC)cc2)c2ccc(C(C)(C)c3ccc(OC(=O)OC(C)(C)C)cc3)cc2)cc1. The monoisotopic (exact) mass is 684 g/mol. The van der Waals surface area contributed by atoms with Crippen molar-refractivity contribution in [2.24, 2.45) is 0 Å². The molecule has 0 saturated carbocycles. The molecule has 4 aromatic rings. The van der Waals surface area contributed by atoms with Crippen molar-refractivity contribution in [2.75, 3.05) is 14.2 Å². The fourth-order valence-corrected chi connectivity index (χ4v) is 5.18. The first kappa shape index (κ1) is 39.1. The van der Waals surface area contributed by atoms with Crippen LogP contribution in [0.5, 0.6) is 17.2 Å². The fourth-order valence-electron chi connectivity index (χ4n) is 5.18. The van der Waals surface area contributed by atoms with Gasteiger partial charge in [-0.25, -0.2) is 14.4 Å². The second-order valence-corrected chi connectivity index (χ2v) is 13.3. The first-order valence-corrected chi connectivity index (χ1v) is 16.4. The van der Waals surface area contributed by atoms with Crippen LogP contribution in [0.15, 0.2) is 97.1 Å². The summed E-state index contributed by atoms with van der Waals surface area (Å²) in [7, 11) is 2.50. The van der Waals surface area contributed by atoms with E-state index in [0.29, 0.717) is 17.2 Å². The van der Waals surface area contributed by atoms with Crippen LogP contribution >= 0.6 is 0 Å². The Balaban J connectivity index is 0.00000217. The highest BCUT2D eigenvalue weighted by Gasteiger charge is 2.33. The van der Waals surface area contributed by atoms with Crippen LogP contribution in [-0.4, -0.2) is 38.3 Å². The summed E-state index contributed by atoms with van der Waals surface area (Å²) in [6.07, 6.45) is -1.10. The number of ether oxygens (including phenoxy) is 6. The maximum atomic E-state index is 12.1. The van der Waals surface area contributed by atoms with Crippen molar-refractivity contribution in [3.05, 3.63) is 125 Å². The summed E-state index contributed by atoms with van der Waals surface area (Å²) in [5, 5.41) is 0. The molecule has 0 aliphatic rings. The Bertz CT molecular complexity index is 1640. The molecule has 0 spiro atoms. The minimum atomic E-state index is -0.801. The van der Waals surface area contributed by atoms with Crippen molar-refractivity contribution in [2.45, 2.75) is 78.2 Å². The summed E-state index contributed by atoms with van der Waals surface area (Å²) < 4.78 is 30.2. The zero-order valence-corrected chi connectivity index (χ0v) is 30.6. The highest BCUT2D eigenvalue weighted by Crippen LogP contribution is 2.41. The van der Waals surface area contributed by atoms with Crippen molar-refractivity contribution in [3.63, 3.8) is 0 Å². The summed E-state index contributed by atoms with van der Waals surface area (Å²) in [5.74, 6) is 1.10. The van der Waals surface area contributed by atoms with Crippen LogP contribution in [0.3, 0.4) is 0 Å². The van der Waals surface area contributed by atoms with E-state index in [-0.39, 0.29) is 5.41 Å². The molecule has 0 heterocycles. The molecule has 9 nitrogen and oxygen atoms in total. The molecule has 266 valence electrons. The van der Waals surface area contributed by atoms with Crippen molar-refractivity contribution in [3.8, 4) is 17.2 Å². The zero-order chi connectivity index (χ0) is 37.1. The minimum absolute atomic E-state index is 0.351. The molecule has 4 rings (SSSR count). The van der Waals surface area contributed by atoms with Gasteiger partial charge in [-0.3, -0.25) is 0 Å². The van der Waals surface area contributed by atoms with E-state index in [1.807, 2.05) is 36.4 Å². The molecule has 0 bridgehead atoms. The Kier molecular flexibility index (Phi) is 13.2. The minimum Gasteiger partial charge on any atom is -0.437 e. The summed E-state index contributed by atoms with van der Waals surface area (Å²) in [5.41, 5.74) is 3.30. The summed E-state index contributed by atoms with van der Waals surface area (Å²) >= 11 is 0. The lowest BCUT2D eigenvalue weighted by atomic mass is 9.70. The lowest BCUT2D eigenvalue weighted by Gasteiger charge is -2.33. The van der Waals surface area contributed by atoms with E-state index in [0.717, 1.165) is 27.8 Å². The van der Waals surface area contributed by atoms with Crippen LogP contribution in [0.4, 0.5) is 14.4 Å². The van der Waals surface area contributed by atoms with Gasteiger partial charge in [0.2, 0.25) is 0 Å². The Hall–Kier alpha value is -5.31. The lowest BCUT2D eigenvalue weighted by molar-refractivity contribution is 0.0206. The van der Waals surface area contributed by atoms with E-state index in [1.54, 1.807) is 57.2 Å². The molecule has 0 atom stereocenters. The van der Waals surface area contributed by atoms with Crippen molar-refractivity contribution >= 4 is 18.5 Å². The number of carbonyl (C=O) groups is 3. The zero-order valence-electron chi connectivity index (χ0n) is 30.6. The van der Waals surface area contributed by atoms with Gasteiger partial charge in [0.25, 0.3) is 0 Å². The van der Waals surface area contributed by atoms with Gasteiger partial charge in [-0.1, -0.05) is 94.8 Å². The molecule has 0 N–H and O–H groups in total. The summed E-state index contributed by atoms with van der Waals surface area (Å²) in [6.45, 7) is 16.0. The van der Waals surface area contributed by atoms with Gasteiger partial charge in [-0.2, -0.15) is 0 Å². The third kappa shape index (κ3) is 10.1. The Morgan fingerprint density at radius 3 is 1.02 bits per heavy atom. The van der Waals surface area contributed by atoms with Gasteiger partial charge in [0.1, 0.15) is 22.8 Å². The van der Waals surface area contributed by atoms with Gasteiger partial charge in [0.15, 0.2) is 0 Å². The predicted molar refractivity (Wildman–Crippen MR) is 192 cm³/mol. The van der Waals surface area contributed by atoms with Crippen LogP contribution in [0, 0.1) is 0 Å². The van der Waals surface area contributed by atoms with E-state index in [2.05, 4.69) is 68.4 Å². The predicted octanol–water partition coefficient (Wildman–Crippen LogP) is 10.4. The Morgan fingerprint density at radius 2 is 0.720 bits per heavy atom. The van der Waals surface area contributed by atoms with Gasteiger partial charge in [0, 0.05) is 10.8 Å². The molecule has 0 radical (unpaired) electrons. The quantitative estimate of drug-likeness (QED) is 0.0775. The van der Waals surface area contributed by atoms with E-state index >= 15 is 0 Å². The molecule has 0 aliphatic carbocycles. The summed E-state index contributed by atoms with van der Waals surface area (Å²) in [4.78, 5) is 35.4. The van der Waals surface area contributed by atoms with Gasteiger partial charge in [0.05, 0.1) is 14.2 Å². The maximum absolute atomic E-state index is 12.1. The molecule has 0 aromatic heterocycles. The highest BCUT2D eigenvalue weighted by molar-refractivity contribution is 5.65. The molecular formula is C41H48O9. The average Bonchev–Trinajstić information content (AvgIpc) is 3.08. The molecular weight excluding hydrogens is 636 g/mol. The summed E-state index contributed by atoms with van der Waals surface area (Å²) in [6, 6.07) is 30.2. The van der Waals surface area contributed by atoms with E-state index < -0.39 is 29.5 Å². The lowest BCUT2D eigenvalue weighted by Crippen LogP contribution is -2.26. The third-order valence-electron chi connectivity index (χ3n) is 7.95. The first-order chi connectivity index (χ1) is 23.6. The van der Waals surface area contributed by atoms with Crippen LogP contribution in [0.2, 0.25) is 0 Å². The van der Waals surface area contributed by atoms with Crippen LogP contribution < -0.4 is 14.2 Å². The first-order valence-electron chi connectivity index (χ1n) is 16.4. The largest absolute Gasteiger partial charge is 0.514 e. The number of benzene rings is 4. The fraction of sp³-hybridized carbons (Fsp3) is 0.341. The molecule has 50 heavy (non-hydrogen) atoms. The standard InChI is InChI=1S/C38H40O9.C3H8/c1-36(2,3)47-35(41)46-32-19-13-26(14-20-32)37(4,5)25-9-11-27(12-10-25)38(6,28-15-21-30(22-16-28)44-33(39)42-7)29-17-23-31(24-18-29)45-34(40)43-8;1-3-2/h9-24H,1-8H3;3H2,1-2H3. The van der Waals surface area contributed by atoms with Crippen molar-refractivity contribution in [1.82, 2.24) is 0 Å². The van der Waals surface area contributed by atoms with Crippen molar-refractivity contribution < 1.29 is 42.8 Å². The molecule has 0 fully saturated rings. The highest BCUT2D eigenvalue weighted by atomic mass is 16.7. The third-order valence-corrected chi connectivity index (χ3v) is 7.95. The molecule has 0 unspecified atom stereocenters. The normalized spacial score (nSPS) is 11.3. The molecule has 4 aromatic carbocycles. The van der Waals surface area contributed by atoms with Crippen LogP contribution in [0.1, 0.15) is 89.6 Å². The second-order valence-electron chi connectivity index (χ2n) is 13.3. The molecule has 9 heteroatoms. The number of hydrogen-bond acceptors (Lipinski definition) is 9. The van der Waals surface area contributed by atoms with Gasteiger partial charge >= 0.3 is 18.5 Å². The number of carbonyl (C=O) groups excluding carboxylic acids is 3. The maximum Gasteiger partial charge on any atom is 0.514 e. The molecule has 0 amide bonds. The smallest absolute Gasteiger partial charge is 0.437 e. The Morgan fingerprint density at radius 1 is 0.460 bits per heavy atom. The van der Waals surface area contributed by atoms with E-state index in [1.165, 1.54) is 20.6 Å². The van der Waals surface area contributed by atoms with Crippen LogP contribution in [0.25, 0.3) is 0 Å². The van der Waals surface area contributed by atoms with E-state index in [4.69, 9.17) is 18.9 Å². The average molecular weight is 685 g/mol. The second kappa shape index (κ2) is 16.9. The number of methoxy groups -OCH3 is 2. The molecule has 0 aliphatic heterocycles. The van der Waals surface area contributed by atoms with Crippen molar-refractivity contribution in [1.29, 1.82) is 0 Å². The number of hydrogen-bond donors (Lipinski definition) is 0. The molecule has 0 saturated heterocycles. The Labute approximate surface area is 295 Å². The van der Waals surface area contributed by atoms with Gasteiger partial charge in [-0.15, -0.1) is 0 Å². The van der Waals surface area contributed by atoms with E-state index in [9.17, 15) is 14.4 Å². The van der Waals surface area contributed by atoms with Crippen LogP contribution in [-0.2, 0) is 25.0 Å². The van der Waals surface area contributed by atoms with Gasteiger partial charge < -0.3 is 28.4 Å². The topological polar surface area (TPSA) is 107 Å².